The first-order valence-corrected chi connectivity index (χ1v) is 12.6. The van der Waals surface area contributed by atoms with Crippen molar-refractivity contribution in [3.63, 3.8) is 0 Å². The van der Waals surface area contributed by atoms with Gasteiger partial charge in [0.25, 0.3) is 0 Å². The molecule has 3 aromatic rings. The zero-order chi connectivity index (χ0) is 24.3. The van der Waals surface area contributed by atoms with Gasteiger partial charge in [0.05, 0.1) is 0 Å². The third-order valence-electron chi connectivity index (χ3n) is 6.00. The van der Waals surface area contributed by atoms with E-state index in [0.29, 0.717) is 23.4 Å². The van der Waals surface area contributed by atoms with Crippen molar-refractivity contribution in [3.8, 4) is 17.2 Å². The number of rotatable bonds is 14. The van der Waals surface area contributed by atoms with Crippen molar-refractivity contribution in [3.05, 3.63) is 54.1 Å². The van der Waals surface area contributed by atoms with E-state index in [4.69, 9.17) is 4.74 Å². The average Bonchev–Trinajstić information content (AvgIpc) is 3.26. The quantitative estimate of drug-likeness (QED) is 0.120. The molecule has 0 spiro atoms. The first-order chi connectivity index (χ1) is 16.5. The van der Waals surface area contributed by atoms with Crippen LogP contribution in [0, 0.1) is 0 Å². The van der Waals surface area contributed by atoms with Crippen molar-refractivity contribution < 1.29 is 14.6 Å². The van der Waals surface area contributed by atoms with Gasteiger partial charge >= 0.3 is 5.97 Å². The molecule has 0 amide bonds. The highest BCUT2D eigenvalue weighted by molar-refractivity contribution is 5.89. The van der Waals surface area contributed by atoms with Gasteiger partial charge in [0.15, 0.2) is 0 Å². The molecule has 0 aliphatic carbocycles. The first kappa shape index (κ1) is 25.5. The second-order valence-electron chi connectivity index (χ2n) is 9.03. The Labute approximate surface area is 202 Å². The summed E-state index contributed by atoms with van der Waals surface area (Å²) in [7, 11) is 0. The Balaban J connectivity index is 1.67. The zero-order valence-electron chi connectivity index (χ0n) is 20.6. The third kappa shape index (κ3) is 7.17. The topological polar surface area (TPSA) is 77.2 Å². The minimum atomic E-state index is -0.500. The van der Waals surface area contributed by atoms with Crippen molar-refractivity contribution in [2.45, 2.75) is 84.5 Å². The normalized spacial score (nSPS) is 11.1. The van der Waals surface area contributed by atoms with Crippen molar-refractivity contribution in [1.29, 1.82) is 0 Å². The van der Waals surface area contributed by atoms with E-state index in [1.54, 1.807) is 19.1 Å². The van der Waals surface area contributed by atoms with E-state index in [1.807, 2.05) is 24.3 Å². The lowest BCUT2D eigenvalue weighted by molar-refractivity contribution is -0.130. The Morgan fingerprint density at radius 2 is 1.50 bits per heavy atom. The van der Waals surface area contributed by atoms with Gasteiger partial charge in [-0.1, -0.05) is 83.4 Å². The van der Waals surface area contributed by atoms with Crippen LogP contribution < -0.4 is 4.74 Å². The Hall–Kier alpha value is -3.15. The summed E-state index contributed by atoms with van der Waals surface area (Å²) in [5.41, 5.74) is 2.88. The van der Waals surface area contributed by atoms with Crippen molar-refractivity contribution in [2.24, 2.45) is 0 Å². The molecule has 2 aromatic carbocycles. The summed E-state index contributed by atoms with van der Waals surface area (Å²) < 4.78 is 5.49. The Bertz CT molecular complexity index is 1070. The van der Waals surface area contributed by atoms with Crippen molar-refractivity contribution in [1.82, 2.24) is 15.0 Å². The van der Waals surface area contributed by atoms with E-state index in [0.717, 1.165) is 29.4 Å². The second-order valence-corrected chi connectivity index (χ2v) is 9.03. The number of aromatic hydroxyl groups is 1. The van der Waals surface area contributed by atoms with Crippen LogP contribution in [-0.4, -0.2) is 26.1 Å². The lowest BCUT2D eigenvalue weighted by Crippen LogP contribution is -2.10. The molecule has 6 nitrogen and oxygen atoms in total. The molecule has 1 aromatic heterocycles. The molecule has 0 radical (unpaired) electrons. The van der Waals surface area contributed by atoms with E-state index in [-0.39, 0.29) is 5.75 Å². The summed E-state index contributed by atoms with van der Waals surface area (Å²) in [5, 5.41) is 20.0. The monoisotopic (exact) mass is 463 g/mol. The fourth-order valence-electron chi connectivity index (χ4n) is 4.02. The van der Waals surface area contributed by atoms with Crippen molar-refractivity contribution >= 4 is 17.0 Å². The highest BCUT2D eigenvalue weighted by atomic mass is 16.5. The summed E-state index contributed by atoms with van der Waals surface area (Å²) in [4.78, 5) is 13.5. The fraction of sp³-hybridized carbons (Fsp3) is 0.464. The SMILES string of the molecule is C=C(C)C(=O)Oc1cc(CCCCCCCCCCCC)c(O)c(-n2nc3ccccc3n2)c1. The molecule has 0 aliphatic rings. The van der Waals surface area contributed by atoms with Crippen LogP contribution in [0.15, 0.2) is 48.6 Å². The number of ether oxygens (including phenoxy) is 1. The second kappa shape index (κ2) is 12.9. The highest BCUT2D eigenvalue weighted by Gasteiger charge is 2.17. The number of benzene rings is 2. The molecular weight excluding hydrogens is 426 g/mol. The molecule has 182 valence electrons. The molecule has 34 heavy (non-hydrogen) atoms. The summed E-state index contributed by atoms with van der Waals surface area (Å²) in [6.45, 7) is 7.50. The fourth-order valence-corrected chi connectivity index (χ4v) is 4.02. The maximum Gasteiger partial charge on any atom is 0.338 e. The Kier molecular flexibility index (Phi) is 9.68. The summed E-state index contributed by atoms with van der Waals surface area (Å²) >= 11 is 0. The molecule has 3 rings (SSSR count). The van der Waals surface area contributed by atoms with Crippen LogP contribution >= 0.6 is 0 Å². The first-order valence-electron chi connectivity index (χ1n) is 12.6. The van der Waals surface area contributed by atoms with Crippen molar-refractivity contribution in [2.75, 3.05) is 0 Å². The van der Waals surface area contributed by atoms with Crippen LogP contribution in [0.4, 0.5) is 0 Å². The minimum absolute atomic E-state index is 0.117. The number of hydrogen-bond acceptors (Lipinski definition) is 5. The zero-order valence-corrected chi connectivity index (χ0v) is 20.6. The number of phenols is 1. The van der Waals surface area contributed by atoms with Gasteiger partial charge in [0.1, 0.15) is 28.2 Å². The molecule has 0 bridgehead atoms. The number of esters is 1. The van der Waals surface area contributed by atoms with E-state index in [9.17, 15) is 9.90 Å². The standard InChI is InChI=1S/C28H37N3O3/c1-4-5-6-7-8-9-10-11-12-13-16-22-19-23(34-28(33)21(2)3)20-26(27(22)32)31-29-24-17-14-15-18-25(24)30-31/h14-15,17-20,32H,2,4-13,16H2,1,3H3. The van der Waals surface area contributed by atoms with E-state index in [2.05, 4.69) is 23.7 Å². The molecule has 0 fully saturated rings. The predicted molar refractivity (Wildman–Crippen MR) is 137 cm³/mol. The van der Waals surface area contributed by atoms with Gasteiger partial charge in [0, 0.05) is 11.6 Å². The van der Waals surface area contributed by atoms with Crippen LogP contribution in [0.3, 0.4) is 0 Å². The largest absolute Gasteiger partial charge is 0.505 e. The Morgan fingerprint density at radius 1 is 0.941 bits per heavy atom. The van der Waals surface area contributed by atoms with Crippen LogP contribution in [0.2, 0.25) is 0 Å². The number of unbranched alkanes of at least 4 members (excludes halogenated alkanes) is 9. The van der Waals surface area contributed by atoms with Gasteiger partial charge in [-0.2, -0.15) is 0 Å². The molecule has 0 aliphatic heterocycles. The van der Waals surface area contributed by atoms with Gasteiger partial charge < -0.3 is 9.84 Å². The number of hydrogen-bond donors (Lipinski definition) is 1. The van der Waals surface area contributed by atoms with E-state index in [1.165, 1.54) is 56.2 Å². The maximum absolute atomic E-state index is 12.1. The van der Waals surface area contributed by atoms with Crippen LogP contribution in [0.25, 0.3) is 16.7 Å². The molecule has 0 atom stereocenters. The van der Waals surface area contributed by atoms with E-state index < -0.39 is 5.97 Å². The van der Waals surface area contributed by atoms with Crippen LogP contribution in [0.5, 0.6) is 11.5 Å². The van der Waals surface area contributed by atoms with Gasteiger partial charge in [-0.05, 0) is 43.5 Å². The molecule has 6 heteroatoms. The number of phenolic OH excluding ortho intramolecular Hbond substituents is 1. The number of nitrogens with zero attached hydrogens (tertiary/aromatic N) is 3. The number of carbonyl (C=O) groups is 1. The molecule has 1 N–H and O–H groups in total. The summed E-state index contributed by atoms with van der Waals surface area (Å²) in [6.07, 6.45) is 13.1. The molecular formula is C28H37N3O3. The maximum atomic E-state index is 12.1. The lowest BCUT2D eigenvalue weighted by Gasteiger charge is -2.13. The average molecular weight is 464 g/mol. The van der Waals surface area contributed by atoms with Crippen LogP contribution in [0.1, 0.15) is 83.6 Å². The number of fused-ring (bicyclic) bond motifs is 1. The minimum Gasteiger partial charge on any atom is -0.505 e. The Morgan fingerprint density at radius 3 is 2.06 bits per heavy atom. The highest BCUT2D eigenvalue weighted by Crippen LogP contribution is 2.33. The predicted octanol–water partition coefficient (Wildman–Crippen LogP) is 7.07. The van der Waals surface area contributed by atoms with E-state index >= 15 is 0 Å². The third-order valence-corrected chi connectivity index (χ3v) is 6.00. The lowest BCUT2D eigenvalue weighted by atomic mass is 10.0. The number of aromatic nitrogens is 3. The van der Waals surface area contributed by atoms with Crippen LogP contribution in [-0.2, 0) is 11.2 Å². The number of carbonyl (C=O) groups excluding carboxylic acids is 1. The van der Waals surface area contributed by atoms with Gasteiger partial charge in [-0.3, -0.25) is 0 Å². The molecule has 0 saturated heterocycles. The molecule has 1 heterocycles. The smallest absolute Gasteiger partial charge is 0.338 e. The molecule has 0 saturated carbocycles. The van der Waals surface area contributed by atoms with Gasteiger partial charge in [-0.25, -0.2) is 4.79 Å². The number of aryl methyl sites for hydroxylation is 1. The summed E-state index contributed by atoms with van der Waals surface area (Å²) in [6, 6.07) is 10.8. The summed E-state index contributed by atoms with van der Waals surface area (Å²) in [5.74, 6) is -0.0318. The van der Waals surface area contributed by atoms with Gasteiger partial charge in [-0.15, -0.1) is 15.0 Å². The molecule has 0 unspecified atom stereocenters. The van der Waals surface area contributed by atoms with Gasteiger partial charge in [0.2, 0.25) is 0 Å².